The van der Waals surface area contributed by atoms with E-state index in [0.29, 0.717) is 6.04 Å². The van der Waals surface area contributed by atoms with E-state index in [1.54, 1.807) is 0 Å². The predicted molar refractivity (Wildman–Crippen MR) is 104 cm³/mol. The minimum absolute atomic E-state index is 0. The number of aliphatic imine (C=N–C) groups is 1. The lowest BCUT2D eigenvalue weighted by molar-refractivity contribution is 0.206. The van der Waals surface area contributed by atoms with Crippen LogP contribution in [-0.4, -0.2) is 50.1 Å². The Balaban J connectivity index is 0.00000400. The first-order chi connectivity index (χ1) is 9.65. The third kappa shape index (κ3) is 9.55. The highest BCUT2D eigenvalue weighted by Gasteiger charge is 2.19. The topological polar surface area (TPSA) is 39.7 Å². The molecule has 21 heavy (non-hydrogen) atoms. The molecule has 1 aliphatic rings. The van der Waals surface area contributed by atoms with E-state index in [4.69, 9.17) is 0 Å². The van der Waals surface area contributed by atoms with Crippen LogP contribution in [0.25, 0.3) is 0 Å². The van der Waals surface area contributed by atoms with Crippen molar-refractivity contribution in [3.8, 4) is 0 Å². The molecular weight excluding hydrogens is 375 g/mol. The summed E-state index contributed by atoms with van der Waals surface area (Å²) in [6.07, 6.45) is 6.21. The Morgan fingerprint density at radius 1 is 1.29 bits per heavy atom. The Morgan fingerprint density at radius 2 is 1.95 bits per heavy atom. The molecule has 0 amide bonds. The molecule has 1 aliphatic heterocycles. The lowest BCUT2D eigenvalue weighted by Gasteiger charge is -2.32. The minimum atomic E-state index is 0. The molecule has 126 valence electrons. The summed E-state index contributed by atoms with van der Waals surface area (Å²) in [6, 6.07) is 0.583. The van der Waals surface area contributed by atoms with Gasteiger partial charge < -0.3 is 15.5 Å². The number of halogens is 1. The summed E-state index contributed by atoms with van der Waals surface area (Å²) in [6.45, 7) is 11.5. The van der Waals surface area contributed by atoms with Crippen molar-refractivity contribution in [2.75, 3.05) is 33.2 Å². The van der Waals surface area contributed by atoms with Crippen LogP contribution in [0.3, 0.4) is 0 Å². The van der Waals surface area contributed by atoms with E-state index in [-0.39, 0.29) is 24.0 Å². The van der Waals surface area contributed by atoms with Crippen molar-refractivity contribution in [2.24, 2.45) is 10.9 Å². The van der Waals surface area contributed by atoms with Gasteiger partial charge in [-0.15, -0.1) is 24.0 Å². The molecule has 2 N–H and O–H groups in total. The first kappa shape index (κ1) is 21.0. The highest BCUT2D eigenvalue weighted by atomic mass is 127. The Bertz CT molecular complexity index is 273. The molecule has 4 nitrogen and oxygen atoms in total. The van der Waals surface area contributed by atoms with Crippen LogP contribution in [0, 0.1) is 5.92 Å². The Labute approximate surface area is 148 Å². The maximum absolute atomic E-state index is 4.33. The van der Waals surface area contributed by atoms with Crippen molar-refractivity contribution < 1.29 is 0 Å². The van der Waals surface area contributed by atoms with Crippen molar-refractivity contribution in [2.45, 2.75) is 58.9 Å². The third-order valence-corrected chi connectivity index (χ3v) is 3.94. The Kier molecular flexibility index (Phi) is 12.5. The number of piperidine rings is 1. The molecule has 1 rings (SSSR count). The van der Waals surface area contributed by atoms with Gasteiger partial charge in [-0.3, -0.25) is 4.99 Å². The van der Waals surface area contributed by atoms with Crippen molar-refractivity contribution in [3.05, 3.63) is 0 Å². The fraction of sp³-hybridized carbons (Fsp3) is 0.938. The van der Waals surface area contributed by atoms with Crippen molar-refractivity contribution in [1.82, 2.24) is 15.5 Å². The molecule has 0 unspecified atom stereocenters. The number of hydrogen-bond acceptors (Lipinski definition) is 2. The normalized spacial score (nSPS) is 17.7. The van der Waals surface area contributed by atoms with Crippen LogP contribution in [0.4, 0.5) is 0 Å². The molecule has 0 aliphatic carbocycles. The molecule has 0 radical (unpaired) electrons. The molecule has 0 bridgehead atoms. The summed E-state index contributed by atoms with van der Waals surface area (Å²) >= 11 is 0. The smallest absolute Gasteiger partial charge is 0.191 e. The number of nitrogens with zero attached hydrogens (tertiary/aromatic N) is 2. The molecule has 5 heteroatoms. The van der Waals surface area contributed by atoms with Crippen LogP contribution in [-0.2, 0) is 0 Å². The summed E-state index contributed by atoms with van der Waals surface area (Å²) in [5.74, 6) is 1.76. The predicted octanol–water partition coefficient (Wildman–Crippen LogP) is 3.08. The molecular formula is C16H35IN4. The SMILES string of the molecule is CCCN1CCC(NC(=NC)NCCCC(C)C)CC1.I. The second-order valence-electron chi connectivity index (χ2n) is 6.30. The highest BCUT2D eigenvalue weighted by molar-refractivity contribution is 14.0. The monoisotopic (exact) mass is 410 g/mol. The van der Waals surface area contributed by atoms with Gasteiger partial charge in [0.1, 0.15) is 0 Å². The average molecular weight is 410 g/mol. The van der Waals surface area contributed by atoms with Gasteiger partial charge in [-0.25, -0.2) is 0 Å². The standard InChI is InChI=1S/C16H34N4.HI/c1-5-11-20-12-8-15(9-13-20)19-16(17-4)18-10-6-7-14(2)3;/h14-15H,5-13H2,1-4H3,(H2,17,18,19);1H. The van der Waals surface area contributed by atoms with Crippen LogP contribution < -0.4 is 10.6 Å². The van der Waals surface area contributed by atoms with E-state index in [0.717, 1.165) is 18.4 Å². The van der Waals surface area contributed by atoms with E-state index in [1.165, 1.54) is 51.7 Å². The van der Waals surface area contributed by atoms with Crippen molar-refractivity contribution in [1.29, 1.82) is 0 Å². The zero-order chi connectivity index (χ0) is 14.8. The first-order valence-corrected chi connectivity index (χ1v) is 8.35. The second kappa shape index (κ2) is 12.5. The third-order valence-electron chi connectivity index (χ3n) is 3.94. The number of guanidine groups is 1. The van der Waals surface area contributed by atoms with E-state index in [2.05, 4.69) is 41.3 Å². The van der Waals surface area contributed by atoms with Crippen LogP contribution in [0.2, 0.25) is 0 Å². The molecule has 0 aromatic rings. The van der Waals surface area contributed by atoms with Crippen LogP contribution in [0.15, 0.2) is 4.99 Å². The number of nitrogens with one attached hydrogen (secondary N) is 2. The van der Waals surface area contributed by atoms with E-state index < -0.39 is 0 Å². The van der Waals surface area contributed by atoms with Crippen LogP contribution in [0.1, 0.15) is 52.9 Å². The van der Waals surface area contributed by atoms with Gasteiger partial charge in [-0.1, -0.05) is 20.8 Å². The maximum atomic E-state index is 4.33. The zero-order valence-corrected chi connectivity index (χ0v) is 16.7. The van der Waals surface area contributed by atoms with E-state index >= 15 is 0 Å². The average Bonchev–Trinajstić information content (AvgIpc) is 2.44. The van der Waals surface area contributed by atoms with Crippen LogP contribution >= 0.6 is 24.0 Å². The Hall–Kier alpha value is -0.0400. The van der Waals surface area contributed by atoms with E-state index in [9.17, 15) is 0 Å². The minimum Gasteiger partial charge on any atom is -0.356 e. The summed E-state index contributed by atoms with van der Waals surface area (Å²) in [5.41, 5.74) is 0. The van der Waals surface area contributed by atoms with Gasteiger partial charge in [0.15, 0.2) is 5.96 Å². The molecule has 1 fully saturated rings. The number of likely N-dealkylation sites (tertiary alicyclic amines) is 1. The van der Waals surface area contributed by atoms with Crippen molar-refractivity contribution >= 4 is 29.9 Å². The van der Waals surface area contributed by atoms with Gasteiger partial charge >= 0.3 is 0 Å². The Morgan fingerprint density at radius 3 is 2.48 bits per heavy atom. The molecule has 0 atom stereocenters. The fourth-order valence-corrected chi connectivity index (χ4v) is 2.72. The van der Waals surface area contributed by atoms with Gasteiger partial charge in [0, 0.05) is 32.7 Å². The number of hydrogen-bond donors (Lipinski definition) is 2. The van der Waals surface area contributed by atoms with Gasteiger partial charge in [0.2, 0.25) is 0 Å². The molecule has 1 heterocycles. The second-order valence-corrected chi connectivity index (χ2v) is 6.30. The highest BCUT2D eigenvalue weighted by Crippen LogP contribution is 2.10. The summed E-state index contributed by atoms with van der Waals surface area (Å²) in [4.78, 5) is 6.90. The molecule has 1 saturated heterocycles. The lowest BCUT2D eigenvalue weighted by Crippen LogP contribution is -2.48. The first-order valence-electron chi connectivity index (χ1n) is 8.35. The van der Waals surface area contributed by atoms with Gasteiger partial charge in [0.25, 0.3) is 0 Å². The molecule has 0 aromatic heterocycles. The number of rotatable bonds is 7. The van der Waals surface area contributed by atoms with E-state index in [1.807, 2.05) is 7.05 Å². The van der Waals surface area contributed by atoms with Gasteiger partial charge in [-0.2, -0.15) is 0 Å². The molecule has 0 saturated carbocycles. The van der Waals surface area contributed by atoms with Crippen LogP contribution in [0.5, 0.6) is 0 Å². The van der Waals surface area contributed by atoms with Crippen molar-refractivity contribution in [3.63, 3.8) is 0 Å². The quantitative estimate of drug-likeness (QED) is 0.293. The molecule has 0 spiro atoms. The van der Waals surface area contributed by atoms with Gasteiger partial charge in [0.05, 0.1) is 0 Å². The largest absolute Gasteiger partial charge is 0.356 e. The van der Waals surface area contributed by atoms with Gasteiger partial charge in [-0.05, 0) is 44.6 Å². The lowest BCUT2D eigenvalue weighted by atomic mass is 10.1. The fourth-order valence-electron chi connectivity index (χ4n) is 2.72. The summed E-state index contributed by atoms with van der Waals surface area (Å²) in [5, 5.41) is 7.00. The maximum Gasteiger partial charge on any atom is 0.191 e. The molecule has 0 aromatic carbocycles. The zero-order valence-electron chi connectivity index (χ0n) is 14.3. The summed E-state index contributed by atoms with van der Waals surface area (Å²) < 4.78 is 0. The summed E-state index contributed by atoms with van der Waals surface area (Å²) in [7, 11) is 1.87.